The smallest absolute Gasteiger partial charge is 0.123 e. The first-order chi connectivity index (χ1) is 11.7. The van der Waals surface area contributed by atoms with Gasteiger partial charge in [0.25, 0.3) is 0 Å². The van der Waals surface area contributed by atoms with Gasteiger partial charge in [0, 0.05) is 31.4 Å². The van der Waals surface area contributed by atoms with Crippen molar-refractivity contribution in [1.29, 1.82) is 0 Å². The maximum atomic E-state index is 13.2. The Kier molecular flexibility index (Phi) is 5.70. The summed E-state index contributed by atoms with van der Waals surface area (Å²) in [5.74, 6) is 0.757. The molecule has 1 aliphatic heterocycles. The molecule has 0 atom stereocenters. The molecule has 0 aromatic heterocycles. The fourth-order valence-electron chi connectivity index (χ4n) is 3.25. The predicted octanol–water partition coefficient (Wildman–Crippen LogP) is 3.77. The monoisotopic (exact) mass is 328 g/mol. The van der Waals surface area contributed by atoms with Gasteiger partial charge in [-0.2, -0.15) is 0 Å². The van der Waals surface area contributed by atoms with Crippen LogP contribution >= 0.6 is 0 Å². The second-order valence-corrected chi connectivity index (χ2v) is 6.31. The maximum absolute atomic E-state index is 13.2. The lowest BCUT2D eigenvalue weighted by molar-refractivity contribution is 0.296. The summed E-state index contributed by atoms with van der Waals surface area (Å²) in [5.41, 5.74) is 2.17. The number of ether oxygens (including phenoxy) is 1. The Morgan fingerprint density at radius 1 is 1.12 bits per heavy atom. The topological polar surface area (TPSA) is 24.5 Å². The second kappa shape index (κ2) is 8.15. The van der Waals surface area contributed by atoms with Crippen LogP contribution in [0.15, 0.2) is 48.5 Å². The number of nitrogens with zero attached hydrogens (tertiary/aromatic N) is 1. The highest BCUT2D eigenvalue weighted by Crippen LogP contribution is 2.24. The van der Waals surface area contributed by atoms with Crippen LogP contribution in [0.3, 0.4) is 0 Å². The van der Waals surface area contributed by atoms with Crippen LogP contribution in [0.1, 0.15) is 18.4 Å². The van der Waals surface area contributed by atoms with Crippen molar-refractivity contribution in [2.75, 3.05) is 31.1 Å². The number of nitrogens with one attached hydrogen (secondary N) is 1. The van der Waals surface area contributed by atoms with Gasteiger partial charge in [-0.05, 0) is 55.7 Å². The Morgan fingerprint density at radius 2 is 1.88 bits per heavy atom. The average Bonchev–Trinajstić information content (AvgIpc) is 2.60. The van der Waals surface area contributed by atoms with E-state index >= 15 is 0 Å². The summed E-state index contributed by atoms with van der Waals surface area (Å²) in [5, 5.41) is 3.58. The van der Waals surface area contributed by atoms with E-state index in [4.69, 9.17) is 4.74 Å². The normalized spacial score (nSPS) is 15.5. The third-order valence-corrected chi connectivity index (χ3v) is 4.54. The van der Waals surface area contributed by atoms with E-state index in [0.717, 1.165) is 49.5 Å². The molecule has 1 saturated heterocycles. The summed E-state index contributed by atoms with van der Waals surface area (Å²) in [7, 11) is 0. The summed E-state index contributed by atoms with van der Waals surface area (Å²) in [4.78, 5) is 2.35. The molecular formula is C20H25FN2O. The molecule has 1 fully saturated rings. The second-order valence-electron chi connectivity index (χ2n) is 6.31. The van der Waals surface area contributed by atoms with Crippen molar-refractivity contribution >= 4 is 5.69 Å². The lowest BCUT2D eigenvalue weighted by Gasteiger charge is -2.35. The molecule has 1 N–H and O–H groups in total. The summed E-state index contributed by atoms with van der Waals surface area (Å²) >= 11 is 0. The van der Waals surface area contributed by atoms with Crippen LogP contribution in [0.2, 0.25) is 0 Å². The molecule has 0 bridgehead atoms. The molecule has 1 heterocycles. The van der Waals surface area contributed by atoms with Crippen molar-refractivity contribution in [3.05, 3.63) is 59.9 Å². The minimum atomic E-state index is -0.161. The molecule has 24 heavy (non-hydrogen) atoms. The first-order valence-electron chi connectivity index (χ1n) is 8.65. The van der Waals surface area contributed by atoms with Crippen molar-refractivity contribution in [2.24, 2.45) is 0 Å². The van der Waals surface area contributed by atoms with Crippen LogP contribution in [0.25, 0.3) is 0 Å². The van der Waals surface area contributed by atoms with Crippen LogP contribution < -0.4 is 15.0 Å². The highest BCUT2D eigenvalue weighted by Gasteiger charge is 2.20. The number of rotatable bonds is 6. The van der Waals surface area contributed by atoms with Gasteiger partial charge < -0.3 is 15.0 Å². The van der Waals surface area contributed by atoms with Gasteiger partial charge in [-0.15, -0.1) is 0 Å². The number of piperidine rings is 1. The third kappa shape index (κ3) is 4.48. The lowest BCUT2D eigenvalue weighted by atomic mass is 10.0. The fourth-order valence-corrected chi connectivity index (χ4v) is 3.25. The van der Waals surface area contributed by atoms with E-state index < -0.39 is 0 Å². The molecule has 3 nitrogen and oxygen atoms in total. The van der Waals surface area contributed by atoms with Crippen LogP contribution in [0.5, 0.6) is 5.75 Å². The first kappa shape index (κ1) is 16.8. The van der Waals surface area contributed by atoms with Crippen LogP contribution in [-0.4, -0.2) is 32.3 Å². The van der Waals surface area contributed by atoms with Crippen LogP contribution in [0, 0.1) is 12.7 Å². The Hall–Kier alpha value is -2.07. The lowest BCUT2D eigenvalue weighted by Crippen LogP contribution is -2.43. The molecule has 0 amide bonds. The van der Waals surface area contributed by atoms with Crippen molar-refractivity contribution in [3.8, 4) is 5.75 Å². The number of hydrogen-bond donors (Lipinski definition) is 1. The van der Waals surface area contributed by atoms with E-state index in [1.807, 2.05) is 43.3 Å². The van der Waals surface area contributed by atoms with E-state index in [1.165, 1.54) is 0 Å². The maximum Gasteiger partial charge on any atom is 0.123 e. The van der Waals surface area contributed by atoms with Gasteiger partial charge in [-0.25, -0.2) is 4.39 Å². The van der Waals surface area contributed by atoms with Crippen molar-refractivity contribution in [3.63, 3.8) is 0 Å². The van der Waals surface area contributed by atoms with Gasteiger partial charge in [-0.1, -0.05) is 18.2 Å². The fraction of sp³-hybridized carbons (Fsp3) is 0.400. The number of hydrogen-bond acceptors (Lipinski definition) is 3. The molecule has 2 aromatic rings. The molecule has 0 spiro atoms. The van der Waals surface area contributed by atoms with E-state index in [1.54, 1.807) is 12.1 Å². The average molecular weight is 328 g/mol. The zero-order valence-corrected chi connectivity index (χ0v) is 14.2. The Morgan fingerprint density at radius 3 is 2.58 bits per heavy atom. The minimum Gasteiger partial charge on any atom is -0.492 e. The summed E-state index contributed by atoms with van der Waals surface area (Å²) in [6, 6.07) is 15.5. The molecule has 0 radical (unpaired) electrons. The SMILES string of the molecule is Cc1cc(F)ccc1N1CCC(NCCOc2ccccc2)CC1. The van der Waals surface area contributed by atoms with Crippen molar-refractivity contribution < 1.29 is 9.13 Å². The largest absolute Gasteiger partial charge is 0.492 e. The number of anilines is 1. The van der Waals surface area contributed by atoms with E-state index in [2.05, 4.69) is 10.2 Å². The van der Waals surface area contributed by atoms with E-state index in [-0.39, 0.29) is 5.82 Å². The van der Waals surface area contributed by atoms with Gasteiger partial charge in [0.15, 0.2) is 0 Å². The molecule has 0 aliphatic carbocycles. The predicted molar refractivity (Wildman–Crippen MR) is 96.3 cm³/mol. The molecule has 0 unspecified atom stereocenters. The van der Waals surface area contributed by atoms with Gasteiger partial charge in [0.2, 0.25) is 0 Å². The van der Waals surface area contributed by atoms with E-state index in [0.29, 0.717) is 12.6 Å². The molecule has 1 aliphatic rings. The number of halogens is 1. The van der Waals surface area contributed by atoms with Crippen LogP contribution in [0.4, 0.5) is 10.1 Å². The van der Waals surface area contributed by atoms with Gasteiger partial charge in [-0.3, -0.25) is 0 Å². The Balaban J connectivity index is 1.39. The number of benzene rings is 2. The quantitative estimate of drug-likeness (QED) is 0.817. The van der Waals surface area contributed by atoms with Crippen molar-refractivity contribution in [1.82, 2.24) is 5.32 Å². The van der Waals surface area contributed by atoms with Gasteiger partial charge >= 0.3 is 0 Å². The zero-order valence-electron chi connectivity index (χ0n) is 14.2. The molecular weight excluding hydrogens is 303 g/mol. The molecule has 0 saturated carbocycles. The van der Waals surface area contributed by atoms with Gasteiger partial charge in [0.05, 0.1) is 0 Å². The first-order valence-corrected chi connectivity index (χ1v) is 8.65. The highest BCUT2D eigenvalue weighted by molar-refractivity contribution is 5.53. The Labute approximate surface area is 143 Å². The van der Waals surface area contributed by atoms with Crippen LogP contribution in [-0.2, 0) is 0 Å². The number of para-hydroxylation sites is 1. The zero-order chi connectivity index (χ0) is 16.8. The molecule has 4 heteroatoms. The number of aryl methyl sites for hydroxylation is 1. The molecule has 3 rings (SSSR count). The summed E-state index contributed by atoms with van der Waals surface area (Å²) in [6.07, 6.45) is 2.20. The summed E-state index contributed by atoms with van der Waals surface area (Å²) in [6.45, 7) is 5.52. The van der Waals surface area contributed by atoms with Crippen molar-refractivity contribution in [2.45, 2.75) is 25.8 Å². The summed E-state index contributed by atoms with van der Waals surface area (Å²) < 4.78 is 18.9. The molecule has 128 valence electrons. The Bertz CT molecular complexity index is 639. The van der Waals surface area contributed by atoms with Gasteiger partial charge in [0.1, 0.15) is 18.2 Å². The van der Waals surface area contributed by atoms with E-state index in [9.17, 15) is 4.39 Å². The third-order valence-electron chi connectivity index (χ3n) is 4.54. The standard InChI is InChI=1S/C20H25FN2O/c1-16-15-17(21)7-8-20(16)23-12-9-18(10-13-23)22-11-14-24-19-5-3-2-4-6-19/h2-8,15,18,22H,9-14H2,1H3. The minimum absolute atomic E-state index is 0.161. The molecule has 2 aromatic carbocycles. The highest BCUT2D eigenvalue weighted by atomic mass is 19.1.